The Kier molecular flexibility index (Phi) is 4.33. The zero-order chi connectivity index (χ0) is 13.9. The number of ether oxygens (including phenoxy) is 1. The summed E-state index contributed by atoms with van der Waals surface area (Å²) >= 11 is 5.92. The van der Waals surface area contributed by atoms with E-state index in [0.29, 0.717) is 11.6 Å². The van der Waals surface area contributed by atoms with Gasteiger partial charge in [-0.2, -0.15) is 0 Å². The molecule has 0 aromatic heterocycles. The molecule has 19 heavy (non-hydrogen) atoms. The van der Waals surface area contributed by atoms with Crippen LogP contribution in [0.5, 0.6) is 5.75 Å². The lowest BCUT2D eigenvalue weighted by Gasteiger charge is -2.16. The molecule has 0 radical (unpaired) electrons. The molecule has 100 valence electrons. The minimum absolute atomic E-state index is 0.576. The van der Waals surface area contributed by atoms with Gasteiger partial charge >= 0.3 is 0 Å². The summed E-state index contributed by atoms with van der Waals surface area (Å²) in [7, 11) is -1.21. The van der Waals surface area contributed by atoms with Crippen LogP contribution in [0.4, 0.5) is 0 Å². The monoisotopic (exact) mass is 290 g/mol. The van der Waals surface area contributed by atoms with Crippen molar-refractivity contribution in [2.75, 3.05) is 0 Å². The van der Waals surface area contributed by atoms with E-state index in [9.17, 15) is 0 Å². The summed E-state index contributed by atoms with van der Waals surface area (Å²) in [4.78, 5) is 0. The average molecular weight is 291 g/mol. The van der Waals surface area contributed by atoms with Crippen molar-refractivity contribution in [1.82, 2.24) is 0 Å². The van der Waals surface area contributed by atoms with E-state index >= 15 is 0 Å². The van der Waals surface area contributed by atoms with Crippen LogP contribution in [0.25, 0.3) is 0 Å². The molecule has 0 aliphatic heterocycles. The molecule has 0 aliphatic carbocycles. The summed E-state index contributed by atoms with van der Waals surface area (Å²) < 4.78 is 5.73. The lowest BCUT2D eigenvalue weighted by molar-refractivity contribution is 0.306. The normalized spacial score (nSPS) is 11.4. The second-order valence-electron chi connectivity index (χ2n) is 5.69. The second kappa shape index (κ2) is 5.80. The minimum atomic E-state index is -1.21. The van der Waals surface area contributed by atoms with Gasteiger partial charge in [0.1, 0.15) is 12.4 Å². The van der Waals surface area contributed by atoms with Gasteiger partial charge in [0.15, 0.2) is 0 Å². The maximum atomic E-state index is 5.92. The van der Waals surface area contributed by atoms with Gasteiger partial charge in [0.05, 0.1) is 8.07 Å². The van der Waals surface area contributed by atoms with E-state index < -0.39 is 8.07 Å². The van der Waals surface area contributed by atoms with E-state index in [0.717, 1.165) is 5.75 Å². The fourth-order valence-electron chi connectivity index (χ4n) is 1.82. The number of benzene rings is 2. The van der Waals surface area contributed by atoms with Crippen LogP contribution in [0.3, 0.4) is 0 Å². The van der Waals surface area contributed by atoms with Gasteiger partial charge in [-0.25, -0.2) is 0 Å². The third-order valence-corrected chi connectivity index (χ3v) is 5.32. The van der Waals surface area contributed by atoms with Crippen LogP contribution in [0.1, 0.15) is 5.56 Å². The molecule has 0 unspecified atom stereocenters. The van der Waals surface area contributed by atoms with Gasteiger partial charge < -0.3 is 4.74 Å². The molecular weight excluding hydrogens is 272 g/mol. The smallest absolute Gasteiger partial charge is 0.121 e. The highest BCUT2D eigenvalue weighted by Crippen LogP contribution is 2.18. The minimum Gasteiger partial charge on any atom is -0.489 e. The van der Waals surface area contributed by atoms with E-state index in [1.807, 2.05) is 24.3 Å². The van der Waals surface area contributed by atoms with Gasteiger partial charge in [-0.15, -0.1) is 0 Å². The van der Waals surface area contributed by atoms with Gasteiger partial charge in [0.25, 0.3) is 0 Å². The Morgan fingerprint density at radius 1 is 1.00 bits per heavy atom. The van der Waals surface area contributed by atoms with E-state index in [-0.39, 0.29) is 0 Å². The van der Waals surface area contributed by atoms with Crippen LogP contribution in [0.15, 0.2) is 48.5 Å². The molecule has 0 amide bonds. The first-order chi connectivity index (χ1) is 8.95. The fourth-order valence-corrected chi connectivity index (χ4v) is 3.17. The number of hydrogen-bond donors (Lipinski definition) is 0. The molecule has 0 aliphatic rings. The summed E-state index contributed by atoms with van der Waals surface area (Å²) in [5, 5.41) is 2.17. The van der Waals surface area contributed by atoms with Crippen LogP contribution in [-0.2, 0) is 6.61 Å². The third kappa shape index (κ3) is 4.12. The molecule has 0 spiro atoms. The highest BCUT2D eigenvalue weighted by Gasteiger charge is 2.15. The van der Waals surface area contributed by atoms with Crippen LogP contribution < -0.4 is 9.92 Å². The van der Waals surface area contributed by atoms with Gasteiger partial charge in [-0.05, 0) is 23.8 Å². The van der Waals surface area contributed by atoms with E-state index in [4.69, 9.17) is 16.3 Å². The number of hydrogen-bond acceptors (Lipinski definition) is 1. The molecule has 2 aromatic carbocycles. The lowest BCUT2D eigenvalue weighted by Crippen LogP contribution is -2.37. The SMILES string of the molecule is C[Si](C)(C)c1ccc(COc2cccc(Cl)c2)cc1. The fraction of sp³-hybridized carbons (Fsp3) is 0.250. The standard InChI is InChI=1S/C16H19ClOSi/c1-19(2,3)16-9-7-13(8-10-16)12-18-15-6-4-5-14(17)11-15/h4-11H,12H2,1-3H3. The summed E-state index contributed by atoms with van der Waals surface area (Å²) in [6.07, 6.45) is 0. The Balaban J connectivity index is 2.01. The molecule has 1 nitrogen and oxygen atoms in total. The second-order valence-corrected chi connectivity index (χ2v) is 11.2. The Morgan fingerprint density at radius 3 is 2.26 bits per heavy atom. The molecule has 3 heteroatoms. The first-order valence-corrected chi connectivity index (χ1v) is 10.3. The van der Waals surface area contributed by atoms with Crippen molar-refractivity contribution in [1.29, 1.82) is 0 Å². The Labute approximate surface area is 121 Å². The van der Waals surface area contributed by atoms with Crippen LogP contribution in [0, 0.1) is 0 Å². The first kappa shape index (κ1) is 14.2. The molecule has 2 rings (SSSR count). The van der Waals surface area contributed by atoms with Crippen molar-refractivity contribution < 1.29 is 4.74 Å². The van der Waals surface area contributed by atoms with Crippen molar-refractivity contribution in [2.45, 2.75) is 26.2 Å². The molecule has 0 bridgehead atoms. The summed E-state index contributed by atoms with van der Waals surface area (Å²) in [5.74, 6) is 0.807. The van der Waals surface area contributed by atoms with Crippen molar-refractivity contribution >= 4 is 24.9 Å². The lowest BCUT2D eigenvalue weighted by atomic mass is 10.2. The van der Waals surface area contributed by atoms with Crippen molar-refractivity contribution in [3.05, 3.63) is 59.1 Å². The van der Waals surface area contributed by atoms with Gasteiger partial charge in [-0.3, -0.25) is 0 Å². The summed E-state index contributed by atoms with van der Waals surface area (Å²) in [6, 6.07) is 16.2. The molecule has 0 atom stereocenters. The van der Waals surface area contributed by atoms with Crippen molar-refractivity contribution in [2.24, 2.45) is 0 Å². The molecule has 0 saturated heterocycles. The number of rotatable bonds is 4. The number of halogens is 1. The molecule has 0 N–H and O–H groups in total. The molecule has 0 saturated carbocycles. The summed E-state index contributed by atoms with van der Waals surface area (Å²) in [6.45, 7) is 7.63. The Morgan fingerprint density at radius 2 is 1.68 bits per heavy atom. The van der Waals surface area contributed by atoms with E-state index in [2.05, 4.69) is 43.9 Å². The quantitative estimate of drug-likeness (QED) is 0.755. The van der Waals surface area contributed by atoms with Crippen LogP contribution in [0.2, 0.25) is 24.7 Å². The average Bonchev–Trinajstić information content (AvgIpc) is 2.36. The maximum absolute atomic E-state index is 5.92. The van der Waals surface area contributed by atoms with Crippen molar-refractivity contribution in [3.8, 4) is 5.75 Å². The Hall–Kier alpha value is -1.25. The van der Waals surface area contributed by atoms with Gasteiger partial charge in [0.2, 0.25) is 0 Å². The zero-order valence-corrected chi connectivity index (χ0v) is 13.4. The molecule has 2 aromatic rings. The van der Waals surface area contributed by atoms with Crippen LogP contribution >= 0.6 is 11.6 Å². The highest BCUT2D eigenvalue weighted by molar-refractivity contribution is 6.88. The first-order valence-electron chi connectivity index (χ1n) is 6.43. The zero-order valence-electron chi connectivity index (χ0n) is 11.6. The van der Waals surface area contributed by atoms with Crippen LogP contribution in [-0.4, -0.2) is 8.07 Å². The highest BCUT2D eigenvalue weighted by atomic mass is 35.5. The largest absolute Gasteiger partial charge is 0.489 e. The van der Waals surface area contributed by atoms with Gasteiger partial charge in [0, 0.05) is 5.02 Å². The predicted molar refractivity (Wildman–Crippen MR) is 85.2 cm³/mol. The third-order valence-electron chi connectivity index (χ3n) is 3.02. The molecule has 0 fully saturated rings. The Bertz CT molecular complexity index is 543. The van der Waals surface area contributed by atoms with Gasteiger partial charge in [-0.1, -0.05) is 66.8 Å². The molecule has 0 heterocycles. The van der Waals surface area contributed by atoms with E-state index in [1.165, 1.54) is 10.8 Å². The summed E-state index contributed by atoms with van der Waals surface area (Å²) in [5.41, 5.74) is 1.18. The van der Waals surface area contributed by atoms with Crippen molar-refractivity contribution in [3.63, 3.8) is 0 Å². The molecular formula is C16H19ClOSi. The topological polar surface area (TPSA) is 9.23 Å². The van der Waals surface area contributed by atoms with E-state index in [1.54, 1.807) is 0 Å². The predicted octanol–water partition coefficient (Wildman–Crippen LogP) is 4.46. The maximum Gasteiger partial charge on any atom is 0.121 e.